The molecule has 1 saturated carbocycles. The third kappa shape index (κ3) is 2.96. The van der Waals surface area contributed by atoms with E-state index in [-0.39, 0.29) is 28.5 Å². The van der Waals surface area contributed by atoms with E-state index in [4.69, 9.17) is 9.52 Å². The summed E-state index contributed by atoms with van der Waals surface area (Å²) in [6.45, 7) is 0. The number of hydrogen-bond donors (Lipinski definition) is 3. The van der Waals surface area contributed by atoms with Gasteiger partial charge in [-0.1, -0.05) is 0 Å². The summed E-state index contributed by atoms with van der Waals surface area (Å²) in [4.78, 5) is 26.0. The van der Waals surface area contributed by atoms with Gasteiger partial charge < -0.3 is 20.2 Å². The van der Waals surface area contributed by atoms with E-state index in [1.54, 1.807) is 0 Å². The number of amides is 2. The molecular formula is C9H10BrN3O4. The quantitative estimate of drug-likeness (QED) is 0.771. The molecule has 2 amide bonds. The van der Waals surface area contributed by atoms with Crippen molar-refractivity contribution in [2.75, 3.05) is 0 Å². The minimum absolute atomic E-state index is 0.0187. The van der Waals surface area contributed by atoms with Crippen molar-refractivity contribution < 1.29 is 19.1 Å². The lowest BCUT2D eigenvalue weighted by Gasteiger charge is -2.35. The summed E-state index contributed by atoms with van der Waals surface area (Å²) in [5.74, 6) is -0.321. The Kier molecular flexibility index (Phi) is 3.32. The number of nitrogens with zero attached hydrogens (tertiary/aromatic N) is 1. The predicted octanol–water partition coefficient (Wildman–Crippen LogP) is 0.965. The van der Waals surface area contributed by atoms with Gasteiger partial charge in [0.25, 0.3) is 10.7 Å². The molecule has 0 atom stereocenters. The van der Waals surface area contributed by atoms with Crippen LogP contribution in [0.25, 0.3) is 0 Å². The van der Waals surface area contributed by atoms with Crippen molar-refractivity contribution in [2.45, 2.75) is 24.9 Å². The summed E-state index contributed by atoms with van der Waals surface area (Å²) in [7, 11) is 0. The molecule has 92 valence electrons. The third-order valence-electron chi connectivity index (χ3n) is 2.51. The lowest BCUT2D eigenvalue weighted by molar-refractivity contribution is 0.0897. The molecule has 0 bridgehead atoms. The number of carboxylic acid groups (broad SMARTS) is 1. The minimum Gasteiger partial charge on any atom is -0.465 e. The van der Waals surface area contributed by atoms with Gasteiger partial charge in [0.15, 0.2) is 5.69 Å². The van der Waals surface area contributed by atoms with Crippen LogP contribution in [0.1, 0.15) is 23.3 Å². The molecule has 1 aromatic heterocycles. The SMILES string of the molecule is O=C(O)NC1CC(NC(=O)c2coc(Br)n2)C1. The third-order valence-corrected chi connectivity index (χ3v) is 2.87. The molecule has 7 nitrogen and oxygen atoms in total. The highest BCUT2D eigenvalue weighted by atomic mass is 79.9. The predicted molar refractivity (Wildman–Crippen MR) is 59.6 cm³/mol. The summed E-state index contributed by atoms with van der Waals surface area (Å²) in [6.07, 6.45) is 1.40. The van der Waals surface area contributed by atoms with Crippen LogP contribution in [0.15, 0.2) is 15.5 Å². The first kappa shape index (κ1) is 11.9. The van der Waals surface area contributed by atoms with Gasteiger partial charge in [-0.2, -0.15) is 4.98 Å². The van der Waals surface area contributed by atoms with E-state index in [0.717, 1.165) is 0 Å². The van der Waals surface area contributed by atoms with E-state index in [1.807, 2.05) is 0 Å². The van der Waals surface area contributed by atoms with Gasteiger partial charge in [-0.25, -0.2) is 4.79 Å². The van der Waals surface area contributed by atoms with E-state index in [0.29, 0.717) is 12.8 Å². The number of rotatable bonds is 3. The lowest BCUT2D eigenvalue weighted by atomic mass is 9.87. The smallest absolute Gasteiger partial charge is 0.404 e. The Balaban J connectivity index is 1.77. The average molecular weight is 304 g/mol. The monoisotopic (exact) mass is 303 g/mol. The number of carbonyl (C=O) groups excluding carboxylic acids is 1. The molecule has 17 heavy (non-hydrogen) atoms. The van der Waals surface area contributed by atoms with Crippen molar-refractivity contribution in [3.8, 4) is 0 Å². The first-order chi connectivity index (χ1) is 8.04. The second kappa shape index (κ2) is 4.74. The molecule has 8 heteroatoms. The van der Waals surface area contributed by atoms with Crippen molar-refractivity contribution in [1.82, 2.24) is 15.6 Å². The Morgan fingerprint density at radius 2 is 2.06 bits per heavy atom. The number of hydrogen-bond acceptors (Lipinski definition) is 4. The van der Waals surface area contributed by atoms with Gasteiger partial charge in [-0.15, -0.1) is 0 Å². The van der Waals surface area contributed by atoms with Gasteiger partial charge in [-0.05, 0) is 12.8 Å². The van der Waals surface area contributed by atoms with Crippen LogP contribution in [-0.4, -0.2) is 34.2 Å². The van der Waals surface area contributed by atoms with Gasteiger partial charge in [-0.3, -0.25) is 4.79 Å². The molecule has 0 aliphatic heterocycles. The molecule has 1 fully saturated rings. The topological polar surface area (TPSA) is 104 Å². The average Bonchev–Trinajstić information content (AvgIpc) is 2.60. The van der Waals surface area contributed by atoms with E-state index < -0.39 is 6.09 Å². The van der Waals surface area contributed by atoms with Crippen LogP contribution < -0.4 is 10.6 Å². The molecule has 1 heterocycles. The minimum atomic E-state index is -1.04. The standard InChI is InChI=1S/C9H10BrN3O4/c10-8-13-6(3-17-8)7(14)11-4-1-5(2-4)12-9(15)16/h3-5,12H,1-2H2,(H,11,14)(H,15,16). The van der Waals surface area contributed by atoms with Crippen molar-refractivity contribution >= 4 is 27.9 Å². The van der Waals surface area contributed by atoms with Crippen LogP contribution in [0, 0.1) is 0 Å². The van der Waals surface area contributed by atoms with E-state index in [9.17, 15) is 9.59 Å². The van der Waals surface area contributed by atoms with E-state index in [1.165, 1.54) is 6.26 Å². The zero-order valence-corrected chi connectivity index (χ0v) is 10.2. The molecule has 0 unspecified atom stereocenters. The molecule has 2 rings (SSSR count). The van der Waals surface area contributed by atoms with Gasteiger partial charge >= 0.3 is 6.09 Å². The van der Waals surface area contributed by atoms with Gasteiger partial charge in [0, 0.05) is 28.0 Å². The van der Waals surface area contributed by atoms with Crippen molar-refractivity contribution in [3.63, 3.8) is 0 Å². The van der Waals surface area contributed by atoms with Crippen LogP contribution in [0.3, 0.4) is 0 Å². The fraction of sp³-hybridized carbons (Fsp3) is 0.444. The van der Waals surface area contributed by atoms with Crippen LogP contribution in [0.5, 0.6) is 0 Å². The maximum Gasteiger partial charge on any atom is 0.404 e. The highest BCUT2D eigenvalue weighted by molar-refractivity contribution is 9.10. The van der Waals surface area contributed by atoms with Crippen molar-refractivity contribution in [2.24, 2.45) is 0 Å². The van der Waals surface area contributed by atoms with Crippen LogP contribution in [0.2, 0.25) is 0 Å². The Bertz CT molecular complexity index is 441. The number of carbonyl (C=O) groups is 2. The first-order valence-corrected chi connectivity index (χ1v) is 5.75. The van der Waals surface area contributed by atoms with E-state index >= 15 is 0 Å². The molecule has 1 aromatic rings. The normalized spacial score (nSPS) is 22.6. The summed E-state index contributed by atoms with van der Waals surface area (Å²) in [5, 5.41) is 13.6. The zero-order valence-electron chi connectivity index (χ0n) is 8.64. The Morgan fingerprint density at radius 3 is 2.59 bits per heavy atom. The number of nitrogens with one attached hydrogen (secondary N) is 2. The van der Waals surface area contributed by atoms with Crippen LogP contribution >= 0.6 is 15.9 Å². The largest absolute Gasteiger partial charge is 0.465 e. The highest BCUT2D eigenvalue weighted by Gasteiger charge is 2.31. The second-order valence-electron chi connectivity index (χ2n) is 3.77. The van der Waals surface area contributed by atoms with Crippen LogP contribution in [0.4, 0.5) is 4.79 Å². The van der Waals surface area contributed by atoms with Crippen molar-refractivity contribution in [1.29, 1.82) is 0 Å². The number of oxazole rings is 1. The molecule has 0 radical (unpaired) electrons. The molecule has 0 spiro atoms. The van der Waals surface area contributed by atoms with E-state index in [2.05, 4.69) is 31.5 Å². The molecule has 3 N–H and O–H groups in total. The fourth-order valence-electron chi connectivity index (χ4n) is 1.64. The maximum absolute atomic E-state index is 11.6. The molecule has 0 saturated heterocycles. The first-order valence-electron chi connectivity index (χ1n) is 4.96. The summed E-state index contributed by atoms with van der Waals surface area (Å²) in [5.41, 5.74) is 0.200. The van der Waals surface area contributed by atoms with Crippen molar-refractivity contribution in [3.05, 3.63) is 16.8 Å². The van der Waals surface area contributed by atoms with Gasteiger partial charge in [0.1, 0.15) is 6.26 Å². The van der Waals surface area contributed by atoms with Crippen LogP contribution in [-0.2, 0) is 0 Å². The summed E-state index contributed by atoms with van der Waals surface area (Å²) < 4.78 is 4.85. The fourth-order valence-corrected chi connectivity index (χ4v) is 1.93. The Labute approximate surface area is 105 Å². The maximum atomic E-state index is 11.6. The zero-order chi connectivity index (χ0) is 12.4. The highest BCUT2D eigenvalue weighted by Crippen LogP contribution is 2.20. The molecule has 0 aromatic carbocycles. The lowest BCUT2D eigenvalue weighted by Crippen LogP contribution is -2.53. The number of halogens is 1. The van der Waals surface area contributed by atoms with Gasteiger partial charge in [0.2, 0.25) is 0 Å². The Hall–Kier alpha value is -1.57. The summed E-state index contributed by atoms with van der Waals surface area (Å²) in [6, 6.07) is -0.100. The Morgan fingerprint density at radius 1 is 1.41 bits per heavy atom. The molecular weight excluding hydrogens is 294 g/mol. The number of aromatic nitrogens is 1. The molecule has 1 aliphatic rings. The van der Waals surface area contributed by atoms with Gasteiger partial charge in [0.05, 0.1) is 0 Å². The summed E-state index contributed by atoms with van der Waals surface area (Å²) >= 11 is 3.00. The molecule has 1 aliphatic carbocycles. The second-order valence-corrected chi connectivity index (χ2v) is 4.45.